The first-order valence-electron chi connectivity index (χ1n) is 8.92. The maximum Gasteiger partial charge on any atom is 0.336 e. The minimum Gasteiger partial charge on any atom is -0.423 e. The highest BCUT2D eigenvalue weighted by Gasteiger charge is 2.15. The molecule has 3 aromatic rings. The van der Waals surface area contributed by atoms with Gasteiger partial charge in [0.05, 0.1) is 12.7 Å². The Kier molecular flexibility index (Phi) is 4.97. The van der Waals surface area contributed by atoms with Crippen molar-refractivity contribution >= 4 is 23.6 Å². The SMILES string of the molecule is O=C1CCc2cc(OC(=O)/C=C/c3cn(Cc4ccccc4)nn3)ccc2N1. The summed E-state index contributed by atoms with van der Waals surface area (Å²) in [6.07, 6.45) is 5.71. The van der Waals surface area contributed by atoms with Gasteiger partial charge in [0.15, 0.2) is 0 Å². The van der Waals surface area contributed by atoms with E-state index in [9.17, 15) is 9.59 Å². The molecule has 4 rings (SSSR count). The van der Waals surface area contributed by atoms with Gasteiger partial charge in [-0.3, -0.25) is 4.79 Å². The number of aromatic nitrogens is 3. The Bertz CT molecular complexity index is 1040. The highest BCUT2D eigenvalue weighted by atomic mass is 16.5. The number of ether oxygens (including phenoxy) is 1. The van der Waals surface area contributed by atoms with E-state index in [1.165, 1.54) is 6.08 Å². The summed E-state index contributed by atoms with van der Waals surface area (Å²) in [6.45, 7) is 0.609. The first-order chi connectivity index (χ1) is 13.7. The molecule has 0 saturated carbocycles. The number of esters is 1. The lowest BCUT2D eigenvalue weighted by atomic mass is 10.0. The number of amides is 1. The number of carbonyl (C=O) groups excluding carboxylic acids is 2. The molecule has 7 heteroatoms. The zero-order valence-electron chi connectivity index (χ0n) is 15.0. The number of benzene rings is 2. The second-order valence-electron chi connectivity index (χ2n) is 6.45. The normalized spacial score (nSPS) is 13.2. The summed E-state index contributed by atoms with van der Waals surface area (Å²) in [6, 6.07) is 15.1. The molecule has 0 atom stereocenters. The number of anilines is 1. The van der Waals surface area contributed by atoms with Crippen molar-refractivity contribution in [3.05, 3.63) is 77.6 Å². The van der Waals surface area contributed by atoms with Crippen LogP contribution >= 0.6 is 0 Å². The molecule has 0 spiro atoms. The summed E-state index contributed by atoms with van der Waals surface area (Å²) in [4.78, 5) is 23.5. The van der Waals surface area contributed by atoms with Crippen LogP contribution in [0.5, 0.6) is 5.75 Å². The number of fused-ring (bicyclic) bond motifs is 1. The van der Waals surface area contributed by atoms with E-state index in [1.807, 2.05) is 30.3 Å². The maximum absolute atomic E-state index is 12.1. The largest absolute Gasteiger partial charge is 0.423 e. The van der Waals surface area contributed by atoms with Crippen molar-refractivity contribution in [2.45, 2.75) is 19.4 Å². The van der Waals surface area contributed by atoms with Gasteiger partial charge in [-0.1, -0.05) is 35.5 Å². The minimum atomic E-state index is -0.502. The average molecular weight is 374 g/mol. The second kappa shape index (κ2) is 7.87. The lowest BCUT2D eigenvalue weighted by Gasteiger charge is -2.17. The van der Waals surface area contributed by atoms with Crippen LogP contribution in [0.4, 0.5) is 5.69 Å². The predicted octanol–water partition coefficient (Wildman–Crippen LogP) is 2.83. The van der Waals surface area contributed by atoms with Crippen molar-refractivity contribution in [2.75, 3.05) is 5.32 Å². The fraction of sp³-hybridized carbons (Fsp3) is 0.143. The summed E-state index contributed by atoms with van der Waals surface area (Å²) in [5.74, 6) is -0.0600. The number of carbonyl (C=O) groups is 2. The molecular weight excluding hydrogens is 356 g/mol. The number of nitrogens with zero attached hydrogens (tertiary/aromatic N) is 3. The lowest BCUT2D eigenvalue weighted by Crippen LogP contribution is -2.19. The zero-order chi connectivity index (χ0) is 19.3. The molecular formula is C21H18N4O3. The van der Waals surface area contributed by atoms with Crippen LogP contribution in [-0.2, 0) is 22.6 Å². The van der Waals surface area contributed by atoms with E-state index in [-0.39, 0.29) is 5.91 Å². The molecule has 1 N–H and O–H groups in total. The smallest absolute Gasteiger partial charge is 0.336 e. The van der Waals surface area contributed by atoms with Gasteiger partial charge in [0, 0.05) is 18.2 Å². The predicted molar refractivity (Wildman–Crippen MR) is 104 cm³/mol. The van der Waals surface area contributed by atoms with Crippen LogP contribution in [-0.4, -0.2) is 26.9 Å². The third-order valence-electron chi connectivity index (χ3n) is 4.32. The summed E-state index contributed by atoms with van der Waals surface area (Å²) in [5, 5.41) is 10.9. The number of hydrogen-bond acceptors (Lipinski definition) is 5. The molecule has 0 saturated heterocycles. The van der Waals surface area contributed by atoms with Crippen molar-refractivity contribution in [1.29, 1.82) is 0 Å². The van der Waals surface area contributed by atoms with Crippen LogP contribution in [0.3, 0.4) is 0 Å². The Labute approximate surface area is 161 Å². The summed E-state index contributed by atoms with van der Waals surface area (Å²) < 4.78 is 7.04. The molecule has 0 fully saturated rings. The van der Waals surface area contributed by atoms with E-state index in [1.54, 1.807) is 35.2 Å². The van der Waals surface area contributed by atoms with Crippen molar-refractivity contribution in [1.82, 2.24) is 15.0 Å². The molecule has 0 bridgehead atoms. The molecule has 28 heavy (non-hydrogen) atoms. The molecule has 7 nitrogen and oxygen atoms in total. The summed E-state index contributed by atoms with van der Waals surface area (Å²) in [5.41, 5.74) is 3.41. The van der Waals surface area contributed by atoms with E-state index in [4.69, 9.17) is 4.74 Å². The van der Waals surface area contributed by atoms with Crippen molar-refractivity contribution in [3.63, 3.8) is 0 Å². The molecule has 140 valence electrons. The number of rotatable bonds is 5. The monoisotopic (exact) mass is 374 g/mol. The Balaban J connectivity index is 1.36. The van der Waals surface area contributed by atoms with Gasteiger partial charge in [0.25, 0.3) is 0 Å². The highest BCUT2D eigenvalue weighted by molar-refractivity contribution is 5.94. The Morgan fingerprint density at radius 2 is 2.04 bits per heavy atom. The van der Waals surface area contributed by atoms with Crippen LogP contribution in [0.1, 0.15) is 23.2 Å². The van der Waals surface area contributed by atoms with Crippen molar-refractivity contribution < 1.29 is 14.3 Å². The van der Waals surface area contributed by atoms with Gasteiger partial charge in [-0.05, 0) is 41.8 Å². The molecule has 1 amide bonds. The number of hydrogen-bond donors (Lipinski definition) is 1. The summed E-state index contributed by atoms with van der Waals surface area (Å²) in [7, 11) is 0. The van der Waals surface area contributed by atoms with E-state index in [2.05, 4.69) is 15.6 Å². The second-order valence-corrected chi connectivity index (χ2v) is 6.45. The third-order valence-corrected chi connectivity index (χ3v) is 4.32. The number of nitrogens with one attached hydrogen (secondary N) is 1. The first kappa shape index (κ1) is 17.7. The molecule has 1 aliphatic rings. The Morgan fingerprint density at radius 3 is 2.89 bits per heavy atom. The quantitative estimate of drug-likeness (QED) is 0.422. The zero-order valence-corrected chi connectivity index (χ0v) is 15.0. The third kappa shape index (κ3) is 4.32. The van der Waals surface area contributed by atoms with Gasteiger partial charge in [-0.25, -0.2) is 9.48 Å². The van der Waals surface area contributed by atoms with Crippen LogP contribution in [0.15, 0.2) is 60.8 Å². The van der Waals surface area contributed by atoms with Crippen molar-refractivity contribution in [2.24, 2.45) is 0 Å². The Hall–Kier alpha value is -3.74. The highest BCUT2D eigenvalue weighted by Crippen LogP contribution is 2.26. The first-order valence-corrected chi connectivity index (χ1v) is 8.92. The van der Waals surface area contributed by atoms with Gasteiger partial charge < -0.3 is 10.1 Å². The van der Waals surface area contributed by atoms with Gasteiger partial charge in [-0.2, -0.15) is 0 Å². The van der Waals surface area contributed by atoms with Crippen LogP contribution in [0, 0.1) is 0 Å². The average Bonchev–Trinajstić information content (AvgIpc) is 3.15. The summed E-state index contributed by atoms with van der Waals surface area (Å²) >= 11 is 0. The molecule has 0 radical (unpaired) electrons. The van der Waals surface area contributed by atoms with E-state index in [0.29, 0.717) is 30.8 Å². The molecule has 2 aromatic carbocycles. The van der Waals surface area contributed by atoms with Crippen LogP contribution in [0.25, 0.3) is 6.08 Å². The molecule has 0 unspecified atom stereocenters. The van der Waals surface area contributed by atoms with E-state index >= 15 is 0 Å². The maximum atomic E-state index is 12.1. The van der Waals surface area contributed by atoms with E-state index < -0.39 is 5.97 Å². The number of aryl methyl sites for hydroxylation is 1. The van der Waals surface area contributed by atoms with E-state index in [0.717, 1.165) is 16.8 Å². The minimum absolute atomic E-state index is 0.000453. The van der Waals surface area contributed by atoms with Gasteiger partial charge in [0.1, 0.15) is 11.4 Å². The van der Waals surface area contributed by atoms with Gasteiger partial charge in [-0.15, -0.1) is 5.10 Å². The fourth-order valence-electron chi connectivity index (χ4n) is 2.96. The molecule has 1 aromatic heterocycles. The lowest BCUT2D eigenvalue weighted by molar-refractivity contribution is -0.129. The van der Waals surface area contributed by atoms with Crippen molar-refractivity contribution in [3.8, 4) is 5.75 Å². The van der Waals surface area contributed by atoms with Crippen LogP contribution in [0.2, 0.25) is 0 Å². The molecule has 0 aliphatic carbocycles. The van der Waals surface area contributed by atoms with Crippen LogP contribution < -0.4 is 10.1 Å². The molecule has 1 aliphatic heterocycles. The van der Waals surface area contributed by atoms with Gasteiger partial charge >= 0.3 is 5.97 Å². The van der Waals surface area contributed by atoms with Gasteiger partial charge in [0.2, 0.25) is 5.91 Å². The standard InChI is InChI=1S/C21H18N4O3/c26-20-10-6-16-12-18(8-9-19(16)22-20)28-21(27)11-7-17-14-25(24-23-17)13-15-4-2-1-3-5-15/h1-5,7-9,11-12,14H,6,10,13H2,(H,22,26)/b11-7+. The fourth-order valence-corrected chi connectivity index (χ4v) is 2.96. The Morgan fingerprint density at radius 1 is 1.18 bits per heavy atom. The topological polar surface area (TPSA) is 86.1 Å². The molecule has 2 heterocycles.